The molecule has 1 aromatic carbocycles. The number of ether oxygens (including phenoxy) is 1. The van der Waals surface area contributed by atoms with Gasteiger partial charge in [-0.25, -0.2) is 4.39 Å². The predicted molar refractivity (Wildman–Crippen MR) is 70.4 cm³/mol. The Kier molecular flexibility index (Phi) is 6.09. The van der Waals surface area contributed by atoms with Crippen LogP contribution in [0.2, 0.25) is 0 Å². The van der Waals surface area contributed by atoms with Gasteiger partial charge in [-0.1, -0.05) is 6.92 Å². The fourth-order valence-electron chi connectivity index (χ4n) is 1.76. The van der Waals surface area contributed by atoms with E-state index in [1.165, 1.54) is 6.07 Å². The van der Waals surface area contributed by atoms with Crippen molar-refractivity contribution < 1.29 is 14.2 Å². The second-order valence-corrected chi connectivity index (χ2v) is 4.39. The number of aliphatic hydroxyl groups is 1. The Bertz CT molecular complexity index is 382. The van der Waals surface area contributed by atoms with E-state index in [9.17, 15) is 4.39 Å². The summed E-state index contributed by atoms with van der Waals surface area (Å²) in [5.74, 6) is 0.408. The third-order valence-electron chi connectivity index (χ3n) is 2.81. The van der Waals surface area contributed by atoms with Gasteiger partial charge in [-0.2, -0.15) is 0 Å². The third-order valence-corrected chi connectivity index (χ3v) is 2.81. The Balaban J connectivity index is 2.94. The lowest BCUT2D eigenvalue weighted by Crippen LogP contribution is -2.20. The molecule has 0 radical (unpaired) electrons. The van der Waals surface area contributed by atoms with E-state index in [0.29, 0.717) is 11.3 Å². The van der Waals surface area contributed by atoms with Crippen molar-refractivity contribution in [3.05, 3.63) is 29.1 Å². The summed E-state index contributed by atoms with van der Waals surface area (Å²) < 4.78 is 19.1. The molecule has 1 aromatic rings. The molecule has 3 nitrogen and oxygen atoms in total. The maximum atomic E-state index is 13.6. The zero-order valence-electron chi connectivity index (χ0n) is 11.3. The molecule has 0 fully saturated rings. The molecular weight excluding hydrogens is 233 g/mol. The number of aliphatic hydroxyl groups excluding tert-OH is 1. The highest BCUT2D eigenvalue weighted by Crippen LogP contribution is 2.28. The molecule has 1 unspecified atom stereocenters. The first kappa shape index (κ1) is 14.9. The molecule has 0 spiro atoms. The van der Waals surface area contributed by atoms with Gasteiger partial charge in [0.1, 0.15) is 18.2 Å². The van der Waals surface area contributed by atoms with Crippen molar-refractivity contribution in [1.29, 1.82) is 0 Å². The van der Waals surface area contributed by atoms with Crippen LogP contribution in [-0.4, -0.2) is 24.9 Å². The molecule has 0 saturated carbocycles. The van der Waals surface area contributed by atoms with E-state index >= 15 is 0 Å². The molecular formula is C14H22FNO2. The Morgan fingerprint density at radius 3 is 2.78 bits per heavy atom. The molecule has 0 heterocycles. The Hall–Kier alpha value is -1.13. The number of benzene rings is 1. The summed E-state index contributed by atoms with van der Waals surface area (Å²) in [4.78, 5) is 0. The zero-order chi connectivity index (χ0) is 13.5. The van der Waals surface area contributed by atoms with Gasteiger partial charge in [0.2, 0.25) is 0 Å². The molecule has 0 bridgehead atoms. The summed E-state index contributed by atoms with van der Waals surface area (Å²) in [7, 11) is 0. The lowest BCUT2D eigenvalue weighted by molar-refractivity contribution is 0.199. The highest BCUT2D eigenvalue weighted by molar-refractivity contribution is 5.40. The van der Waals surface area contributed by atoms with Crippen LogP contribution in [0, 0.1) is 12.7 Å². The lowest BCUT2D eigenvalue weighted by atomic mass is 10.0. The fourth-order valence-corrected chi connectivity index (χ4v) is 1.76. The number of halogens is 1. The molecule has 0 saturated heterocycles. The zero-order valence-corrected chi connectivity index (χ0v) is 11.3. The predicted octanol–water partition coefficient (Wildman–Crippen LogP) is 2.57. The van der Waals surface area contributed by atoms with Crippen molar-refractivity contribution in [1.82, 2.24) is 5.32 Å². The van der Waals surface area contributed by atoms with Crippen LogP contribution in [-0.2, 0) is 0 Å². The molecule has 18 heavy (non-hydrogen) atoms. The Morgan fingerprint density at radius 1 is 1.44 bits per heavy atom. The number of aryl methyl sites for hydroxylation is 1. The van der Waals surface area contributed by atoms with Crippen molar-refractivity contribution >= 4 is 0 Å². The average molecular weight is 255 g/mol. The first-order chi connectivity index (χ1) is 8.60. The van der Waals surface area contributed by atoms with Crippen LogP contribution in [0.3, 0.4) is 0 Å². The van der Waals surface area contributed by atoms with Crippen LogP contribution < -0.4 is 10.1 Å². The van der Waals surface area contributed by atoms with E-state index in [2.05, 4.69) is 12.2 Å². The van der Waals surface area contributed by atoms with Crippen LogP contribution in [0.4, 0.5) is 4.39 Å². The van der Waals surface area contributed by atoms with Crippen molar-refractivity contribution in [2.45, 2.75) is 33.2 Å². The summed E-state index contributed by atoms with van der Waals surface area (Å²) in [5.41, 5.74) is 1.34. The second kappa shape index (κ2) is 7.34. The first-order valence-electron chi connectivity index (χ1n) is 6.37. The van der Waals surface area contributed by atoms with Gasteiger partial charge in [-0.3, -0.25) is 0 Å². The Labute approximate surface area is 108 Å². The van der Waals surface area contributed by atoms with Gasteiger partial charge < -0.3 is 15.2 Å². The quantitative estimate of drug-likeness (QED) is 0.787. The van der Waals surface area contributed by atoms with Gasteiger partial charge >= 0.3 is 0 Å². The number of hydrogen-bond acceptors (Lipinski definition) is 3. The molecule has 102 valence electrons. The summed E-state index contributed by atoms with van der Waals surface area (Å²) in [5, 5.41) is 12.1. The summed E-state index contributed by atoms with van der Waals surface area (Å²) in [6, 6.07) is 3.22. The molecule has 4 heteroatoms. The van der Waals surface area contributed by atoms with Gasteiger partial charge in [0.15, 0.2) is 0 Å². The monoisotopic (exact) mass is 255 g/mol. The maximum absolute atomic E-state index is 13.6. The largest absolute Gasteiger partial charge is 0.491 e. The van der Waals surface area contributed by atoms with Crippen molar-refractivity contribution in [3.63, 3.8) is 0 Å². The maximum Gasteiger partial charge on any atom is 0.126 e. The van der Waals surface area contributed by atoms with E-state index in [-0.39, 0.29) is 25.1 Å². The minimum atomic E-state index is -0.230. The molecule has 0 aliphatic rings. The van der Waals surface area contributed by atoms with Crippen LogP contribution in [0.5, 0.6) is 5.75 Å². The molecule has 1 rings (SSSR count). The first-order valence-corrected chi connectivity index (χ1v) is 6.37. The van der Waals surface area contributed by atoms with Gasteiger partial charge in [-0.05, 0) is 44.5 Å². The van der Waals surface area contributed by atoms with Crippen molar-refractivity contribution in [3.8, 4) is 5.75 Å². The number of hydrogen-bond donors (Lipinski definition) is 2. The molecule has 1 atom stereocenters. The SMILES string of the molecule is CCCNC(C)c1cc(F)c(C)cc1OCCO. The highest BCUT2D eigenvalue weighted by Gasteiger charge is 2.14. The van der Waals surface area contributed by atoms with Gasteiger partial charge in [-0.15, -0.1) is 0 Å². The van der Waals surface area contributed by atoms with E-state index in [1.807, 2.05) is 6.92 Å². The lowest BCUT2D eigenvalue weighted by Gasteiger charge is -2.19. The van der Waals surface area contributed by atoms with E-state index in [4.69, 9.17) is 9.84 Å². The Morgan fingerprint density at radius 2 is 2.17 bits per heavy atom. The van der Waals surface area contributed by atoms with E-state index in [0.717, 1.165) is 18.5 Å². The smallest absolute Gasteiger partial charge is 0.126 e. The normalized spacial score (nSPS) is 12.5. The minimum Gasteiger partial charge on any atom is -0.491 e. The van der Waals surface area contributed by atoms with Crippen molar-refractivity contribution in [2.75, 3.05) is 19.8 Å². The average Bonchev–Trinajstić information content (AvgIpc) is 2.36. The number of rotatable bonds is 7. The standard InChI is InChI=1S/C14H22FNO2/c1-4-5-16-11(3)12-9-13(15)10(2)8-14(12)18-7-6-17/h8-9,11,16-17H,4-7H2,1-3H3. The van der Waals surface area contributed by atoms with Gasteiger partial charge in [0.05, 0.1) is 6.61 Å². The third kappa shape index (κ3) is 3.96. The van der Waals surface area contributed by atoms with Crippen molar-refractivity contribution in [2.24, 2.45) is 0 Å². The van der Waals surface area contributed by atoms with Crippen LogP contribution >= 0.6 is 0 Å². The summed E-state index contributed by atoms with van der Waals surface area (Å²) in [6.45, 7) is 6.81. The minimum absolute atomic E-state index is 0.0220. The molecule has 0 amide bonds. The van der Waals surface area contributed by atoms with E-state index in [1.54, 1.807) is 13.0 Å². The van der Waals surface area contributed by atoms with Gasteiger partial charge in [0.25, 0.3) is 0 Å². The summed E-state index contributed by atoms with van der Waals surface area (Å²) >= 11 is 0. The molecule has 2 N–H and O–H groups in total. The van der Waals surface area contributed by atoms with Crippen LogP contribution in [0.15, 0.2) is 12.1 Å². The highest BCUT2D eigenvalue weighted by atomic mass is 19.1. The summed E-state index contributed by atoms with van der Waals surface area (Å²) in [6.07, 6.45) is 1.02. The fraction of sp³-hybridized carbons (Fsp3) is 0.571. The molecule has 0 aliphatic carbocycles. The van der Waals surface area contributed by atoms with Crippen LogP contribution in [0.1, 0.15) is 37.4 Å². The second-order valence-electron chi connectivity index (χ2n) is 4.39. The number of nitrogens with one attached hydrogen (secondary N) is 1. The molecule has 0 aromatic heterocycles. The topological polar surface area (TPSA) is 41.5 Å². The molecule has 0 aliphatic heterocycles. The van der Waals surface area contributed by atoms with E-state index < -0.39 is 0 Å². The van der Waals surface area contributed by atoms with Crippen LogP contribution in [0.25, 0.3) is 0 Å². The van der Waals surface area contributed by atoms with Gasteiger partial charge in [0, 0.05) is 11.6 Å².